The molecule has 0 aromatic heterocycles. The van der Waals surface area contributed by atoms with Crippen molar-refractivity contribution in [3.8, 4) is 6.07 Å². The van der Waals surface area contributed by atoms with Gasteiger partial charge in [0, 0.05) is 4.90 Å². The normalized spacial score (nSPS) is 11.7. The van der Waals surface area contributed by atoms with E-state index in [0.29, 0.717) is 4.90 Å². The molecule has 160 valence electrons. The van der Waals surface area contributed by atoms with Crippen molar-refractivity contribution in [1.29, 1.82) is 5.26 Å². The quantitative estimate of drug-likeness (QED) is 0.375. The third-order valence-corrected chi connectivity index (χ3v) is 6.11. The van der Waals surface area contributed by atoms with Crippen LogP contribution in [0.2, 0.25) is 0 Å². The van der Waals surface area contributed by atoms with E-state index >= 15 is 0 Å². The molecule has 0 spiro atoms. The van der Waals surface area contributed by atoms with E-state index in [1.165, 1.54) is 0 Å². The molecule has 5 heteroatoms. The van der Waals surface area contributed by atoms with Crippen molar-refractivity contribution in [2.75, 3.05) is 0 Å². The third kappa shape index (κ3) is 6.99. The fourth-order valence-electron chi connectivity index (χ4n) is 3.77. The van der Waals surface area contributed by atoms with Crippen LogP contribution in [0.15, 0.2) is 4.90 Å². The van der Waals surface area contributed by atoms with Crippen LogP contribution >= 0.6 is 0 Å². The Morgan fingerprint density at radius 3 is 1.32 bits per heavy atom. The van der Waals surface area contributed by atoms with Gasteiger partial charge < -0.3 is 10.7 Å². The Hall–Kier alpha value is -1.22. The molecule has 4 N–H and O–H groups in total. The molecule has 1 aromatic carbocycles. The molecule has 0 aliphatic carbocycles. The zero-order valence-corrected chi connectivity index (χ0v) is 19.5. The van der Waals surface area contributed by atoms with Crippen molar-refractivity contribution in [1.82, 2.24) is 6.15 Å². The minimum atomic E-state index is -2.26. The highest BCUT2D eigenvalue weighted by atomic mass is 32.2. The van der Waals surface area contributed by atoms with Gasteiger partial charge in [0.25, 0.3) is 0 Å². The summed E-state index contributed by atoms with van der Waals surface area (Å²) < 4.78 is 24.7. The summed E-state index contributed by atoms with van der Waals surface area (Å²) in [6.45, 7) is 8.52. The Labute approximate surface area is 175 Å². The average molecular weight is 409 g/mol. The van der Waals surface area contributed by atoms with Gasteiger partial charge in [0.05, 0.1) is 11.6 Å². The molecule has 28 heavy (non-hydrogen) atoms. The Balaban J connectivity index is 0.00000729. The minimum absolute atomic E-state index is 0. The molecule has 0 aliphatic heterocycles. The van der Waals surface area contributed by atoms with Crippen LogP contribution in [0.5, 0.6) is 0 Å². The highest BCUT2D eigenvalue weighted by Gasteiger charge is 2.23. The number of nitriles is 1. The second kappa shape index (κ2) is 14.7. The number of unbranched alkanes of at least 4 members (excludes halogenated alkanes) is 4. The fourth-order valence-corrected chi connectivity index (χ4v) is 4.62. The Kier molecular flexibility index (Phi) is 14.1. The lowest BCUT2D eigenvalue weighted by Crippen LogP contribution is -2.14. The first-order valence-electron chi connectivity index (χ1n) is 10.8. The van der Waals surface area contributed by atoms with Crippen molar-refractivity contribution >= 4 is 11.1 Å². The van der Waals surface area contributed by atoms with Gasteiger partial charge in [-0.25, -0.2) is 0 Å². The smallest absolute Gasteiger partial charge is 0.0997 e. The lowest BCUT2D eigenvalue weighted by atomic mass is 9.84. The monoisotopic (exact) mass is 408 g/mol. The van der Waals surface area contributed by atoms with E-state index in [0.717, 1.165) is 105 Å². The number of quaternary nitrogens is 1. The number of hydrogen-bond donors (Lipinski definition) is 1. The van der Waals surface area contributed by atoms with Gasteiger partial charge in [-0.3, -0.25) is 4.21 Å². The zero-order valence-electron chi connectivity index (χ0n) is 18.7. The highest BCUT2D eigenvalue weighted by molar-refractivity contribution is 7.79. The van der Waals surface area contributed by atoms with Crippen LogP contribution in [-0.4, -0.2) is 8.76 Å². The second-order valence-electron chi connectivity index (χ2n) is 7.38. The minimum Gasteiger partial charge on any atom is -0.768 e. The van der Waals surface area contributed by atoms with Crippen molar-refractivity contribution in [3.63, 3.8) is 0 Å². The van der Waals surface area contributed by atoms with Gasteiger partial charge in [-0.2, -0.15) is 5.26 Å². The highest BCUT2D eigenvalue weighted by Crippen LogP contribution is 2.34. The summed E-state index contributed by atoms with van der Waals surface area (Å²) in [5.41, 5.74) is 4.67. The van der Waals surface area contributed by atoms with E-state index in [2.05, 4.69) is 33.8 Å². The summed E-state index contributed by atoms with van der Waals surface area (Å²) in [6.07, 6.45) is 11.1. The third-order valence-electron chi connectivity index (χ3n) is 5.28. The van der Waals surface area contributed by atoms with E-state index in [9.17, 15) is 14.0 Å². The van der Waals surface area contributed by atoms with Crippen LogP contribution < -0.4 is 6.15 Å². The number of nitrogens with zero attached hydrogens (tertiary/aromatic N) is 1. The van der Waals surface area contributed by atoms with E-state index in [1.807, 2.05) is 0 Å². The molecule has 0 aliphatic rings. The molecule has 0 saturated carbocycles. The first-order chi connectivity index (χ1) is 13.1. The maximum absolute atomic E-state index is 12.3. The van der Waals surface area contributed by atoms with Gasteiger partial charge in [0.1, 0.15) is 0 Å². The van der Waals surface area contributed by atoms with Crippen molar-refractivity contribution < 1.29 is 8.76 Å². The fraction of sp³-hybridized carbons (Fsp3) is 0.696. The largest absolute Gasteiger partial charge is 0.768 e. The van der Waals surface area contributed by atoms with E-state index in [4.69, 9.17) is 0 Å². The number of hydrogen-bond acceptors (Lipinski definition) is 3. The second-order valence-corrected chi connectivity index (χ2v) is 8.26. The summed E-state index contributed by atoms with van der Waals surface area (Å²) >= 11 is -2.26. The summed E-state index contributed by atoms with van der Waals surface area (Å²) in [7, 11) is 0. The van der Waals surface area contributed by atoms with E-state index < -0.39 is 11.1 Å². The molecular weight excluding hydrogens is 368 g/mol. The van der Waals surface area contributed by atoms with Crippen molar-refractivity contribution in [2.45, 2.75) is 110 Å². The van der Waals surface area contributed by atoms with Crippen LogP contribution in [-0.2, 0) is 36.8 Å². The van der Waals surface area contributed by atoms with E-state index in [-0.39, 0.29) is 6.15 Å². The van der Waals surface area contributed by atoms with Crippen molar-refractivity contribution in [3.05, 3.63) is 27.8 Å². The Morgan fingerprint density at radius 2 is 1.07 bits per heavy atom. The SMILES string of the molecule is CCCCc1c(C#N)c(CCCC)c(CCCC)c(S(=O)[O-])c1CCCC.[NH4+]. The number of benzene rings is 1. The molecule has 0 heterocycles. The maximum Gasteiger partial charge on any atom is 0.0997 e. The van der Waals surface area contributed by atoms with Crippen LogP contribution in [0, 0.1) is 11.3 Å². The average Bonchev–Trinajstić information content (AvgIpc) is 2.66. The van der Waals surface area contributed by atoms with Gasteiger partial charge in [-0.05, 0) is 84.7 Å². The molecule has 1 atom stereocenters. The van der Waals surface area contributed by atoms with Gasteiger partial charge in [-0.1, -0.05) is 53.4 Å². The topological polar surface area (TPSA) is 100 Å². The Morgan fingerprint density at radius 1 is 0.750 bits per heavy atom. The molecule has 0 fully saturated rings. The molecule has 1 unspecified atom stereocenters. The summed E-state index contributed by atoms with van der Waals surface area (Å²) in [6, 6.07) is 2.48. The predicted octanol–water partition coefficient (Wildman–Crippen LogP) is 6.54. The summed E-state index contributed by atoms with van der Waals surface area (Å²) in [5, 5.41) is 10.0. The lowest BCUT2D eigenvalue weighted by molar-refractivity contribution is 0.533. The Bertz CT molecular complexity index is 625. The number of rotatable bonds is 13. The standard InChI is InChI=1S/C23H37NO2S.H3N/c1-5-9-13-18-20(15-11-7-3)23(27(25)26)21(16-12-8-4)19(14-10-6-2)22(18)17-24;/h5-16H2,1-4H3,(H,25,26);1H3. The first kappa shape index (κ1) is 26.8. The van der Waals surface area contributed by atoms with Crippen molar-refractivity contribution in [2.24, 2.45) is 0 Å². The van der Waals surface area contributed by atoms with Crippen LogP contribution in [0.3, 0.4) is 0 Å². The predicted molar refractivity (Wildman–Crippen MR) is 119 cm³/mol. The van der Waals surface area contributed by atoms with Gasteiger partial charge >= 0.3 is 0 Å². The molecule has 0 bridgehead atoms. The zero-order chi connectivity index (χ0) is 20.2. The molecule has 1 aromatic rings. The molecule has 0 radical (unpaired) electrons. The molecule has 4 nitrogen and oxygen atoms in total. The summed E-state index contributed by atoms with van der Waals surface area (Å²) in [4.78, 5) is 0.521. The van der Waals surface area contributed by atoms with Crippen LogP contribution in [0.1, 0.15) is 107 Å². The molecule has 0 amide bonds. The first-order valence-corrected chi connectivity index (χ1v) is 11.8. The lowest BCUT2D eigenvalue weighted by Gasteiger charge is -2.26. The van der Waals surface area contributed by atoms with Crippen LogP contribution in [0.4, 0.5) is 0 Å². The molecule has 0 saturated heterocycles. The van der Waals surface area contributed by atoms with Gasteiger partial charge in [0.15, 0.2) is 0 Å². The molecular formula is C23H40N2O2S. The molecule has 1 rings (SSSR count). The van der Waals surface area contributed by atoms with Gasteiger partial charge in [-0.15, -0.1) is 0 Å². The van der Waals surface area contributed by atoms with E-state index in [1.54, 1.807) is 0 Å². The summed E-state index contributed by atoms with van der Waals surface area (Å²) in [5.74, 6) is 0. The van der Waals surface area contributed by atoms with Gasteiger partial charge in [0.2, 0.25) is 0 Å². The van der Waals surface area contributed by atoms with Crippen LogP contribution in [0.25, 0.3) is 0 Å². The maximum atomic E-state index is 12.3.